The van der Waals surface area contributed by atoms with E-state index in [1.165, 1.54) is 0 Å². The Morgan fingerprint density at radius 2 is 2.07 bits per heavy atom. The zero-order chi connectivity index (χ0) is 10.1. The van der Waals surface area contributed by atoms with E-state index < -0.39 is 0 Å². The van der Waals surface area contributed by atoms with Gasteiger partial charge in [0, 0.05) is 5.69 Å². The molecular weight excluding hydrogens is 202 g/mol. The van der Waals surface area contributed by atoms with E-state index in [9.17, 15) is 0 Å². The zero-order valence-corrected chi connectivity index (χ0v) is 7.92. The van der Waals surface area contributed by atoms with Crippen molar-refractivity contribution < 1.29 is 0 Å². The Hall–Kier alpha value is -1.75. The van der Waals surface area contributed by atoms with Crippen LogP contribution >= 0.6 is 11.6 Å². The average molecular weight is 210 g/mol. The van der Waals surface area contributed by atoms with Crippen molar-refractivity contribution in [1.82, 2.24) is 15.2 Å². The Kier molecular flexibility index (Phi) is 2.01. The normalized spacial score (nSPS) is 10.4. The Labute approximate surface area is 85.1 Å². The molecule has 0 bridgehead atoms. The standard InChI is InChI=1S/C8H8ClN5/c9-4-2-1-3-5(10)6(4)7-12-8(11)14-13-7/h1-3H,10H2,(H3,11,12,13,14). The summed E-state index contributed by atoms with van der Waals surface area (Å²) in [5.74, 6) is 0.643. The number of halogens is 1. The first kappa shape index (κ1) is 8.83. The van der Waals surface area contributed by atoms with Crippen LogP contribution < -0.4 is 11.5 Å². The molecule has 0 amide bonds. The van der Waals surface area contributed by atoms with Crippen LogP contribution in [0.15, 0.2) is 18.2 Å². The van der Waals surface area contributed by atoms with Crippen molar-refractivity contribution in [3.05, 3.63) is 23.2 Å². The molecule has 0 spiro atoms. The maximum atomic E-state index is 5.96. The van der Waals surface area contributed by atoms with E-state index in [0.717, 1.165) is 0 Å². The molecule has 0 fully saturated rings. The Balaban J connectivity index is 2.61. The van der Waals surface area contributed by atoms with Crippen molar-refractivity contribution in [3.8, 4) is 11.4 Å². The second kappa shape index (κ2) is 3.19. The van der Waals surface area contributed by atoms with Gasteiger partial charge in [0.25, 0.3) is 0 Å². The first-order valence-electron chi connectivity index (χ1n) is 3.90. The van der Waals surface area contributed by atoms with Gasteiger partial charge in [0.1, 0.15) is 0 Å². The van der Waals surface area contributed by atoms with E-state index in [1.807, 2.05) is 0 Å². The van der Waals surface area contributed by atoms with Crippen LogP contribution in [0.4, 0.5) is 11.6 Å². The van der Waals surface area contributed by atoms with Gasteiger partial charge in [-0.3, -0.25) is 5.10 Å². The summed E-state index contributed by atoms with van der Waals surface area (Å²) in [6.07, 6.45) is 0. The van der Waals surface area contributed by atoms with Crippen molar-refractivity contribution in [3.63, 3.8) is 0 Å². The van der Waals surface area contributed by atoms with Gasteiger partial charge in [0.15, 0.2) is 5.82 Å². The summed E-state index contributed by atoms with van der Waals surface area (Å²) in [7, 11) is 0. The predicted molar refractivity (Wildman–Crippen MR) is 55.7 cm³/mol. The average Bonchev–Trinajstić information content (AvgIpc) is 2.51. The van der Waals surface area contributed by atoms with E-state index in [4.69, 9.17) is 23.1 Å². The SMILES string of the molecule is Nc1n[nH]c(-c2c(N)cccc2Cl)n1. The highest BCUT2D eigenvalue weighted by atomic mass is 35.5. The van der Waals surface area contributed by atoms with Gasteiger partial charge in [0.05, 0.1) is 10.6 Å². The van der Waals surface area contributed by atoms with E-state index >= 15 is 0 Å². The number of anilines is 2. The number of aromatic nitrogens is 3. The molecule has 5 nitrogen and oxygen atoms in total. The highest BCUT2D eigenvalue weighted by Gasteiger charge is 2.10. The zero-order valence-electron chi connectivity index (χ0n) is 7.16. The maximum absolute atomic E-state index is 5.96. The molecule has 0 aliphatic heterocycles. The molecule has 2 rings (SSSR count). The molecule has 0 atom stereocenters. The fourth-order valence-electron chi connectivity index (χ4n) is 1.18. The fraction of sp³-hybridized carbons (Fsp3) is 0. The molecule has 1 heterocycles. The summed E-state index contributed by atoms with van der Waals surface area (Å²) in [4.78, 5) is 3.95. The largest absolute Gasteiger partial charge is 0.398 e. The maximum Gasteiger partial charge on any atom is 0.239 e. The second-order valence-electron chi connectivity index (χ2n) is 2.75. The molecule has 14 heavy (non-hydrogen) atoms. The lowest BCUT2D eigenvalue weighted by molar-refractivity contribution is 1.10. The molecular formula is C8H8ClN5. The first-order valence-corrected chi connectivity index (χ1v) is 4.28. The second-order valence-corrected chi connectivity index (χ2v) is 3.15. The number of rotatable bonds is 1. The molecule has 0 unspecified atom stereocenters. The number of H-pyrrole nitrogens is 1. The molecule has 0 aliphatic rings. The Morgan fingerprint density at radius 3 is 2.64 bits per heavy atom. The molecule has 6 heteroatoms. The van der Waals surface area contributed by atoms with E-state index in [-0.39, 0.29) is 5.95 Å². The molecule has 1 aromatic heterocycles. The molecule has 0 saturated heterocycles. The number of nitrogens with one attached hydrogen (secondary N) is 1. The van der Waals surface area contributed by atoms with Crippen molar-refractivity contribution in [2.45, 2.75) is 0 Å². The summed E-state index contributed by atoms with van der Waals surface area (Å²) in [5.41, 5.74) is 12.3. The van der Waals surface area contributed by atoms with Crippen LogP contribution in [0.3, 0.4) is 0 Å². The molecule has 0 radical (unpaired) electrons. The van der Waals surface area contributed by atoms with Crippen LogP contribution in [-0.4, -0.2) is 15.2 Å². The first-order chi connectivity index (χ1) is 6.68. The van der Waals surface area contributed by atoms with E-state index in [0.29, 0.717) is 22.1 Å². The van der Waals surface area contributed by atoms with Crippen molar-refractivity contribution >= 4 is 23.2 Å². The Morgan fingerprint density at radius 1 is 1.29 bits per heavy atom. The number of benzene rings is 1. The molecule has 72 valence electrons. The third-order valence-electron chi connectivity index (χ3n) is 1.79. The minimum Gasteiger partial charge on any atom is -0.398 e. The highest BCUT2D eigenvalue weighted by molar-refractivity contribution is 6.33. The van der Waals surface area contributed by atoms with Crippen molar-refractivity contribution in [2.24, 2.45) is 0 Å². The molecule has 0 aliphatic carbocycles. The van der Waals surface area contributed by atoms with Gasteiger partial charge in [-0.25, -0.2) is 0 Å². The van der Waals surface area contributed by atoms with Crippen molar-refractivity contribution in [2.75, 3.05) is 11.5 Å². The van der Waals surface area contributed by atoms with Gasteiger partial charge in [-0.15, -0.1) is 5.10 Å². The lowest BCUT2D eigenvalue weighted by Crippen LogP contribution is -1.92. The Bertz CT molecular complexity index is 444. The number of nitrogens with zero attached hydrogens (tertiary/aromatic N) is 2. The summed E-state index contributed by atoms with van der Waals surface area (Å²) in [6, 6.07) is 5.23. The van der Waals surface area contributed by atoms with Gasteiger partial charge >= 0.3 is 0 Å². The number of hydrogen-bond donors (Lipinski definition) is 3. The lowest BCUT2D eigenvalue weighted by atomic mass is 10.2. The summed E-state index contributed by atoms with van der Waals surface area (Å²) in [5, 5.41) is 6.87. The van der Waals surface area contributed by atoms with Crippen LogP contribution in [0.2, 0.25) is 5.02 Å². The number of nitrogens with two attached hydrogens (primary N) is 2. The third kappa shape index (κ3) is 1.38. The summed E-state index contributed by atoms with van der Waals surface area (Å²) < 4.78 is 0. The van der Waals surface area contributed by atoms with Crippen molar-refractivity contribution in [1.29, 1.82) is 0 Å². The minimum absolute atomic E-state index is 0.166. The predicted octanol–water partition coefficient (Wildman–Crippen LogP) is 1.29. The molecule has 0 saturated carbocycles. The topological polar surface area (TPSA) is 93.6 Å². The number of nitrogen functional groups attached to an aromatic ring is 2. The lowest BCUT2D eigenvalue weighted by Gasteiger charge is -2.03. The molecule has 1 aromatic carbocycles. The van der Waals surface area contributed by atoms with Gasteiger partial charge in [-0.1, -0.05) is 17.7 Å². The van der Waals surface area contributed by atoms with Crippen LogP contribution in [-0.2, 0) is 0 Å². The van der Waals surface area contributed by atoms with E-state index in [1.54, 1.807) is 18.2 Å². The summed E-state index contributed by atoms with van der Waals surface area (Å²) >= 11 is 5.96. The van der Waals surface area contributed by atoms with Gasteiger partial charge in [0.2, 0.25) is 5.95 Å². The van der Waals surface area contributed by atoms with Gasteiger partial charge in [-0.05, 0) is 12.1 Å². The quantitative estimate of drug-likeness (QED) is 0.617. The third-order valence-corrected chi connectivity index (χ3v) is 2.10. The highest BCUT2D eigenvalue weighted by Crippen LogP contribution is 2.30. The van der Waals surface area contributed by atoms with Crippen LogP contribution in [0, 0.1) is 0 Å². The minimum atomic E-state index is 0.166. The smallest absolute Gasteiger partial charge is 0.239 e. The monoisotopic (exact) mass is 209 g/mol. The van der Waals surface area contributed by atoms with Crippen LogP contribution in [0.5, 0.6) is 0 Å². The van der Waals surface area contributed by atoms with Crippen LogP contribution in [0.25, 0.3) is 11.4 Å². The van der Waals surface area contributed by atoms with Gasteiger partial charge < -0.3 is 11.5 Å². The summed E-state index contributed by atoms with van der Waals surface area (Å²) in [6.45, 7) is 0. The molecule has 2 aromatic rings. The van der Waals surface area contributed by atoms with Gasteiger partial charge in [-0.2, -0.15) is 4.98 Å². The molecule has 5 N–H and O–H groups in total. The number of hydrogen-bond acceptors (Lipinski definition) is 4. The fourth-order valence-corrected chi connectivity index (χ4v) is 1.45. The number of aromatic amines is 1. The van der Waals surface area contributed by atoms with Crippen LogP contribution in [0.1, 0.15) is 0 Å². The van der Waals surface area contributed by atoms with E-state index in [2.05, 4.69) is 15.2 Å².